The smallest absolute Gasteiger partial charge is 0.237 e. The van der Waals surface area contributed by atoms with Crippen molar-refractivity contribution < 1.29 is 59.1 Å². The summed E-state index contributed by atoms with van der Waals surface area (Å²) < 4.78 is 29.5. The predicted octanol–water partition coefficient (Wildman–Crippen LogP) is -7.44. The van der Waals surface area contributed by atoms with Gasteiger partial charge in [-0.1, -0.05) is 0 Å². The van der Waals surface area contributed by atoms with Gasteiger partial charge in [0.1, 0.15) is 42.7 Å². The topological polar surface area (TPSA) is 313 Å². The Bertz CT molecular complexity index is 906. The van der Waals surface area contributed by atoms with Crippen molar-refractivity contribution in [2.24, 2.45) is 22.9 Å². The average Bonchev–Trinajstić information content (AvgIpc) is 2.94. The lowest BCUT2D eigenvalue weighted by Gasteiger charge is -2.51. The third kappa shape index (κ3) is 6.74. The molecule has 18 heteroatoms. The molecule has 3 aliphatic heterocycles. The third-order valence-corrected chi connectivity index (χ3v) is 8.41. The summed E-state index contributed by atoms with van der Waals surface area (Å²) in [5.41, 5.74) is 23.8. The first-order valence-electron chi connectivity index (χ1n) is 14.1. The molecule has 4 aliphatic rings. The number of aliphatic hydroxyl groups is 6. The molecule has 16 N–H and O–H groups in total. The maximum atomic E-state index is 12.1. The Hall–Kier alpha value is -1.17. The molecule has 244 valence electrons. The summed E-state index contributed by atoms with van der Waals surface area (Å²) >= 11 is 0. The Morgan fingerprint density at radius 2 is 1.52 bits per heavy atom. The number of hydrogen-bond acceptors (Lipinski definition) is 17. The van der Waals surface area contributed by atoms with Crippen molar-refractivity contribution in [2.75, 3.05) is 13.7 Å². The maximum Gasteiger partial charge on any atom is 0.237 e. The van der Waals surface area contributed by atoms with E-state index in [1.807, 2.05) is 0 Å². The molecule has 0 aromatic carbocycles. The molecule has 1 aliphatic carbocycles. The quantitative estimate of drug-likeness (QED) is 0.121. The van der Waals surface area contributed by atoms with Crippen molar-refractivity contribution in [1.82, 2.24) is 10.6 Å². The summed E-state index contributed by atoms with van der Waals surface area (Å²) in [6.07, 6.45) is -14.7. The number of rotatable bonds is 8. The van der Waals surface area contributed by atoms with Gasteiger partial charge in [0, 0.05) is 12.1 Å². The zero-order valence-corrected chi connectivity index (χ0v) is 23.5. The van der Waals surface area contributed by atoms with Crippen LogP contribution in [-0.2, 0) is 28.5 Å². The number of amides is 1. The normalized spacial score (nSPS) is 50.5. The third-order valence-electron chi connectivity index (χ3n) is 8.41. The van der Waals surface area contributed by atoms with Crippen molar-refractivity contribution in [2.45, 2.75) is 130 Å². The summed E-state index contributed by atoms with van der Waals surface area (Å²) in [7, 11) is 1.53. The van der Waals surface area contributed by atoms with Gasteiger partial charge >= 0.3 is 0 Å². The highest BCUT2D eigenvalue weighted by Gasteiger charge is 2.54. The molecule has 4 rings (SSSR count). The van der Waals surface area contributed by atoms with Crippen LogP contribution in [0.4, 0.5) is 0 Å². The molecule has 0 aromatic heterocycles. The maximum absolute atomic E-state index is 12.1. The van der Waals surface area contributed by atoms with E-state index in [9.17, 15) is 35.4 Å². The van der Waals surface area contributed by atoms with E-state index in [1.54, 1.807) is 0 Å². The summed E-state index contributed by atoms with van der Waals surface area (Å²) in [5, 5.41) is 68.5. The van der Waals surface area contributed by atoms with Crippen molar-refractivity contribution in [3.8, 4) is 0 Å². The van der Waals surface area contributed by atoms with Crippen LogP contribution < -0.4 is 33.6 Å². The van der Waals surface area contributed by atoms with E-state index in [4.69, 9.17) is 46.6 Å². The second-order valence-corrected chi connectivity index (χ2v) is 11.5. The first kappa shape index (κ1) is 33.7. The number of ether oxygens (including phenoxy) is 5. The lowest BCUT2D eigenvalue weighted by Crippen LogP contribution is -2.70. The van der Waals surface area contributed by atoms with Crippen LogP contribution >= 0.6 is 0 Å². The molecule has 18 atom stereocenters. The fourth-order valence-electron chi connectivity index (χ4n) is 5.90. The number of fused-ring (bicyclic) bond motifs is 1. The van der Waals surface area contributed by atoms with Crippen LogP contribution in [0.15, 0.2) is 0 Å². The van der Waals surface area contributed by atoms with Gasteiger partial charge in [0.15, 0.2) is 18.9 Å². The zero-order chi connectivity index (χ0) is 31.0. The van der Waals surface area contributed by atoms with E-state index in [0.717, 1.165) is 0 Å². The molecule has 42 heavy (non-hydrogen) atoms. The summed E-state index contributed by atoms with van der Waals surface area (Å²) in [6.45, 7) is 0.802. The number of nitrogens with one attached hydrogen (secondary N) is 2. The second kappa shape index (κ2) is 13.9. The number of hydrogen-bond donors (Lipinski definition) is 12. The number of aliphatic hydroxyl groups excluding tert-OH is 6. The minimum Gasteiger partial charge on any atom is -0.394 e. The minimum atomic E-state index is -1.68. The van der Waals surface area contributed by atoms with E-state index < -0.39 is 123 Å². The molecule has 18 nitrogen and oxygen atoms in total. The first-order valence-corrected chi connectivity index (χ1v) is 14.1. The summed E-state index contributed by atoms with van der Waals surface area (Å²) in [6, 6.07) is -5.26. The lowest BCUT2D eigenvalue weighted by molar-refractivity contribution is -0.373. The fourth-order valence-corrected chi connectivity index (χ4v) is 5.90. The van der Waals surface area contributed by atoms with Crippen molar-refractivity contribution in [3.63, 3.8) is 0 Å². The van der Waals surface area contributed by atoms with Crippen LogP contribution in [0.5, 0.6) is 0 Å². The molecule has 11 unspecified atom stereocenters. The number of carbonyl (C=O) groups excluding carboxylic acids is 1. The predicted molar refractivity (Wildman–Crippen MR) is 141 cm³/mol. The second-order valence-electron chi connectivity index (χ2n) is 11.5. The van der Waals surface area contributed by atoms with Gasteiger partial charge in [-0.3, -0.25) is 4.79 Å². The van der Waals surface area contributed by atoms with Gasteiger partial charge in [-0.05, 0) is 26.8 Å². The van der Waals surface area contributed by atoms with Gasteiger partial charge in [0.2, 0.25) is 5.91 Å². The highest BCUT2D eigenvalue weighted by atomic mass is 16.8. The van der Waals surface area contributed by atoms with E-state index in [1.165, 1.54) is 14.0 Å². The van der Waals surface area contributed by atoms with Gasteiger partial charge in [0.05, 0.1) is 43.0 Å². The molecule has 3 saturated heterocycles. The molecule has 0 aromatic rings. The largest absolute Gasteiger partial charge is 0.394 e. The SMILES string of the molecule is CNC1C(O[C@H]2OC(CO)[C@@H](NC(=O)[C@H](C)N)C(O)C2O)O[C@H]2CC(N)[C@@H](O[C@@H]3C(N)C[C@@H](N)C(O)C3O)OC2C1O. The Labute approximate surface area is 242 Å². The lowest BCUT2D eigenvalue weighted by atomic mass is 9.84. The average molecular weight is 611 g/mol. The molecule has 1 saturated carbocycles. The Kier molecular flexibility index (Phi) is 11.1. The van der Waals surface area contributed by atoms with Crippen LogP contribution in [0, 0.1) is 0 Å². The van der Waals surface area contributed by atoms with Crippen molar-refractivity contribution >= 4 is 5.91 Å². The molecule has 0 spiro atoms. The monoisotopic (exact) mass is 610 g/mol. The zero-order valence-electron chi connectivity index (χ0n) is 23.5. The van der Waals surface area contributed by atoms with Crippen LogP contribution in [0.2, 0.25) is 0 Å². The van der Waals surface area contributed by atoms with E-state index in [0.29, 0.717) is 0 Å². The summed E-state index contributed by atoms with van der Waals surface area (Å²) in [5.74, 6) is -0.622. The van der Waals surface area contributed by atoms with E-state index >= 15 is 0 Å². The highest BCUT2D eigenvalue weighted by Crippen LogP contribution is 2.35. The van der Waals surface area contributed by atoms with Gasteiger partial charge in [0.25, 0.3) is 0 Å². The van der Waals surface area contributed by atoms with Crippen LogP contribution in [0.3, 0.4) is 0 Å². The van der Waals surface area contributed by atoms with Gasteiger partial charge < -0.3 is 87.9 Å². The molecule has 4 fully saturated rings. The number of nitrogens with two attached hydrogens (primary N) is 4. The number of carbonyl (C=O) groups is 1. The van der Waals surface area contributed by atoms with E-state index in [-0.39, 0.29) is 12.8 Å². The fraction of sp³-hybridized carbons (Fsp3) is 0.958. The van der Waals surface area contributed by atoms with Crippen LogP contribution in [-0.4, -0.2) is 160 Å². The van der Waals surface area contributed by atoms with Crippen LogP contribution in [0.1, 0.15) is 19.8 Å². The molecule has 3 heterocycles. The van der Waals surface area contributed by atoms with E-state index in [2.05, 4.69) is 10.6 Å². The van der Waals surface area contributed by atoms with Crippen LogP contribution in [0.25, 0.3) is 0 Å². The Balaban J connectivity index is 1.42. The minimum absolute atomic E-state index is 0.115. The van der Waals surface area contributed by atoms with Gasteiger partial charge in [-0.25, -0.2) is 0 Å². The Morgan fingerprint density at radius 3 is 2.14 bits per heavy atom. The summed E-state index contributed by atoms with van der Waals surface area (Å²) in [4.78, 5) is 12.1. The molecule has 1 amide bonds. The molecular weight excluding hydrogens is 564 g/mol. The number of likely N-dealkylation sites (N-methyl/N-ethyl adjacent to an activating group) is 1. The first-order chi connectivity index (χ1) is 19.8. The standard InChI is InChI=1S/C24H46N6O12/c1-6(25)21(37)30-12-11(5-31)39-24(18(36)15(12)33)42-23-13(29-2)16(34)20-10(38-23)4-9(28)22(41-20)40-19-8(27)3-7(26)14(32)17(19)35/h6-20,22-24,29,31-36H,3-5,25-28H2,1-2H3,(H,30,37)/t6-,7+,8?,9?,10-,11?,12+,13?,14?,15?,16?,17?,18?,19+,20?,22-,23?,24+/m0/s1. The molecule has 0 bridgehead atoms. The highest BCUT2D eigenvalue weighted by molar-refractivity contribution is 5.81. The van der Waals surface area contributed by atoms with Gasteiger partial charge in [-0.2, -0.15) is 0 Å². The Morgan fingerprint density at radius 1 is 0.833 bits per heavy atom. The van der Waals surface area contributed by atoms with Crippen molar-refractivity contribution in [3.05, 3.63) is 0 Å². The molecular formula is C24H46N6O12. The molecule has 0 radical (unpaired) electrons. The van der Waals surface area contributed by atoms with Gasteiger partial charge in [-0.15, -0.1) is 0 Å². The van der Waals surface area contributed by atoms with Crippen molar-refractivity contribution in [1.29, 1.82) is 0 Å².